The third-order valence-corrected chi connectivity index (χ3v) is 2.04. The van der Waals surface area contributed by atoms with Crippen LogP contribution in [-0.2, 0) is 0 Å². The molecule has 1 radical (unpaired) electrons. The van der Waals surface area contributed by atoms with Gasteiger partial charge >= 0.3 is 6.36 Å². The summed E-state index contributed by atoms with van der Waals surface area (Å²) in [5.74, 6) is -0.584. The molecule has 0 saturated heterocycles. The van der Waals surface area contributed by atoms with Crippen LogP contribution in [0.5, 0.6) is 5.75 Å². The lowest BCUT2D eigenvalue weighted by Gasteiger charge is -2.09. The standard InChI is InChI=1S/C12H12F3O2/c1-2-3-7-11(16)9-5-4-6-10(8-9)17-12(13,14)15/h4-6,8H,1-3,7H2. The summed E-state index contributed by atoms with van der Waals surface area (Å²) in [6, 6.07) is 5.08. The Kier molecular flexibility index (Phi) is 4.54. The maximum Gasteiger partial charge on any atom is 0.573 e. The molecule has 0 aliphatic carbocycles. The maximum absolute atomic E-state index is 12.0. The number of rotatable bonds is 5. The van der Waals surface area contributed by atoms with Crippen molar-refractivity contribution >= 4 is 5.78 Å². The Morgan fingerprint density at radius 1 is 1.35 bits per heavy atom. The minimum Gasteiger partial charge on any atom is -0.406 e. The lowest BCUT2D eigenvalue weighted by atomic mass is 10.1. The zero-order valence-corrected chi connectivity index (χ0v) is 9.09. The van der Waals surface area contributed by atoms with Crippen LogP contribution in [0.4, 0.5) is 13.2 Å². The topological polar surface area (TPSA) is 26.3 Å². The summed E-state index contributed by atoms with van der Waals surface area (Å²) >= 11 is 0. The van der Waals surface area contributed by atoms with Crippen LogP contribution in [0, 0.1) is 6.92 Å². The van der Waals surface area contributed by atoms with Gasteiger partial charge in [-0.3, -0.25) is 4.79 Å². The van der Waals surface area contributed by atoms with E-state index in [-0.39, 0.29) is 23.5 Å². The van der Waals surface area contributed by atoms with Crippen LogP contribution in [0.15, 0.2) is 24.3 Å². The van der Waals surface area contributed by atoms with Gasteiger partial charge in [0.1, 0.15) is 5.75 Å². The third-order valence-electron chi connectivity index (χ3n) is 2.04. The van der Waals surface area contributed by atoms with Gasteiger partial charge in [-0.2, -0.15) is 0 Å². The van der Waals surface area contributed by atoms with Crippen LogP contribution in [0.2, 0.25) is 0 Å². The van der Waals surface area contributed by atoms with Gasteiger partial charge in [0.15, 0.2) is 5.78 Å². The Balaban J connectivity index is 2.75. The highest BCUT2D eigenvalue weighted by molar-refractivity contribution is 5.96. The first kappa shape index (κ1) is 13.5. The average Bonchev–Trinajstić information content (AvgIpc) is 2.24. The van der Waals surface area contributed by atoms with E-state index in [1.54, 1.807) is 0 Å². The molecule has 2 nitrogen and oxygen atoms in total. The van der Waals surface area contributed by atoms with E-state index in [0.717, 1.165) is 12.1 Å². The fourth-order valence-corrected chi connectivity index (χ4v) is 1.30. The lowest BCUT2D eigenvalue weighted by Crippen LogP contribution is -2.17. The molecule has 0 unspecified atom stereocenters. The molecule has 0 heterocycles. The summed E-state index contributed by atoms with van der Waals surface area (Å²) in [5, 5.41) is 0. The van der Waals surface area contributed by atoms with E-state index < -0.39 is 6.36 Å². The van der Waals surface area contributed by atoms with E-state index >= 15 is 0 Å². The molecule has 0 amide bonds. The largest absolute Gasteiger partial charge is 0.573 e. The summed E-state index contributed by atoms with van der Waals surface area (Å²) in [6.07, 6.45) is -3.23. The van der Waals surface area contributed by atoms with Crippen molar-refractivity contribution in [2.75, 3.05) is 0 Å². The molecule has 17 heavy (non-hydrogen) atoms. The number of ketones is 1. The van der Waals surface area contributed by atoms with Crippen molar-refractivity contribution in [3.05, 3.63) is 36.8 Å². The highest BCUT2D eigenvalue weighted by Gasteiger charge is 2.31. The number of alkyl halides is 3. The van der Waals surface area contributed by atoms with Gasteiger partial charge in [0, 0.05) is 12.0 Å². The number of halogens is 3. The van der Waals surface area contributed by atoms with E-state index in [9.17, 15) is 18.0 Å². The maximum atomic E-state index is 12.0. The molecule has 0 aliphatic rings. The van der Waals surface area contributed by atoms with Gasteiger partial charge in [-0.15, -0.1) is 13.2 Å². The van der Waals surface area contributed by atoms with Crippen molar-refractivity contribution in [2.45, 2.75) is 25.6 Å². The number of unbranched alkanes of at least 4 members (excludes halogenated alkanes) is 1. The molecule has 1 aromatic carbocycles. The van der Waals surface area contributed by atoms with Crippen LogP contribution in [0.3, 0.4) is 0 Å². The van der Waals surface area contributed by atoms with E-state index in [0.29, 0.717) is 12.8 Å². The molecule has 93 valence electrons. The Morgan fingerprint density at radius 2 is 2.06 bits per heavy atom. The Hall–Kier alpha value is -1.52. The van der Waals surface area contributed by atoms with Crippen LogP contribution in [0.25, 0.3) is 0 Å². The number of benzene rings is 1. The molecule has 5 heteroatoms. The quantitative estimate of drug-likeness (QED) is 0.738. The van der Waals surface area contributed by atoms with Crippen LogP contribution in [-0.4, -0.2) is 12.1 Å². The van der Waals surface area contributed by atoms with Crippen LogP contribution in [0.1, 0.15) is 29.6 Å². The Labute approximate surface area is 97.4 Å². The second kappa shape index (κ2) is 5.70. The first-order valence-corrected chi connectivity index (χ1v) is 5.10. The van der Waals surface area contributed by atoms with Crippen molar-refractivity contribution in [3.8, 4) is 5.75 Å². The predicted molar refractivity (Wildman–Crippen MR) is 56.7 cm³/mol. The van der Waals surface area contributed by atoms with Gasteiger partial charge in [-0.05, 0) is 18.6 Å². The monoisotopic (exact) mass is 245 g/mol. The molecule has 1 aromatic rings. The number of Topliss-reactive ketones (excluding diaryl/α,β-unsaturated/α-hetero) is 1. The lowest BCUT2D eigenvalue weighted by molar-refractivity contribution is -0.274. The first-order chi connectivity index (χ1) is 7.92. The molecule has 1 rings (SSSR count). The Morgan fingerprint density at radius 3 is 2.65 bits per heavy atom. The molecule has 0 spiro atoms. The van der Waals surface area contributed by atoms with E-state index in [1.165, 1.54) is 12.1 Å². The van der Waals surface area contributed by atoms with Crippen molar-refractivity contribution in [1.29, 1.82) is 0 Å². The van der Waals surface area contributed by atoms with Gasteiger partial charge in [-0.25, -0.2) is 0 Å². The second-order valence-corrected chi connectivity index (χ2v) is 3.46. The molecule has 0 aromatic heterocycles. The molecule has 0 N–H and O–H groups in total. The normalized spacial score (nSPS) is 11.3. The van der Waals surface area contributed by atoms with E-state index in [2.05, 4.69) is 11.7 Å². The second-order valence-electron chi connectivity index (χ2n) is 3.46. The van der Waals surface area contributed by atoms with Crippen molar-refractivity contribution in [3.63, 3.8) is 0 Å². The summed E-state index contributed by atoms with van der Waals surface area (Å²) in [6.45, 7) is 3.59. The molecule has 0 atom stereocenters. The van der Waals surface area contributed by atoms with Crippen LogP contribution >= 0.6 is 0 Å². The van der Waals surface area contributed by atoms with Gasteiger partial charge in [-0.1, -0.05) is 25.5 Å². The summed E-state index contributed by atoms with van der Waals surface area (Å²) in [7, 11) is 0. The summed E-state index contributed by atoms with van der Waals surface area (Å²) in [4.78, 5) is 11.6. The molecule has 0 aliphatic heterocycles. The van der Waals surface area contributed by atoms with Gasteiger partial charge < -0.3 is 4.74 Å². The van der Waals surface area contributed by atoms with E-state index in [4.69, 9.17) is 0 Å². The number of carbonyl (C=O) groups is 1. The smallest absolute Gasteiger partial charge is 0.406 e. The Bertz CT molecular complexity index is 386. The van der Waals surface area contributed by atoms with Crippen molar-refractivity contribution in [1.82, 2.24) is 0 Å². The van der Waals surface area contributed by atoms with Crippen molar-refractivity contribution < 1.29 is 22.7 Å². The highest BCUT2D eigenvalue weighted by atomic mass is 19.4. The van der Waals surface area contributed by atoms with Gasteiger partial charge in [0.2, 0.25) is 0 Å². The minimum absolute atomic E-state index is 0.207. The number of hydrogen-bond donors (Lipinski definition) is 0. The number of ether oxygens (including phenoxy) is 1. The highest BCUT2D eigenvalue weighted by Crippen LogP contribution is 2.23. The fourth-order valence-electron chi connectivity index (χ4n) is 1.30. The van der Waals surface area contributed by atoms with Crippen LogP contribution < -0.4 is 4.74 Å². The third kappa shape index (κ3) is 4.89. The van der Waals surface area contributed by atoms with Gasteiger partial charge in [0.05, 0.1) is 0 Å². The fraction of sp³-hybridized carbons (Fsp3) is 0.333. The van der Waals surface area contributed by atoms with Gasteiger partial charge in [0.25, 0.3) is 0 Å². The van der Waals surface area contributed by atoms with Crippen molar-refractivity contribution in [2.24, 2.45) is 0 Å². The predicted octanol–water partition coefficient (Wildman–Crippen LogP) is 3.77. The average molecular weight is 245 g/mol. The molecule has 0 bridgehead atoms. The zero-order chi connectivity index (χ0) is 12.9. The SMILES string of the molecule is [CH2]CCCC(=O)c1cccc(OC(F)(F)F)c1. The zero-order valence-electron chi connectivity index (χ0n) is 9.09. The molecular formula is C12H12F3O2. The molecular weight excluding hydrogens is 233 g/mol. The number of hydrogen-bond acceptors (Lipinski definition) is 2. The summed E-state index contributed by atoms with van der Waals surface area (Å²) in [5.41, 5.74) is 0.222. The summed E-state index contributed by atoms with van der Waals surface area (Å²) < 4.78 is 39.6. The first-order valence-electron chi connectivity index (χ1n) is 5.10. The number of carbonyl (C=O) groups excluding carboxylic acids is 1. The molecule has 0 fully saturated rings. The molecule has 0 saturated carbocycles. The minimum atomic E-state index is -4.74. The van der Waals surface area contributed by atoms with E-state index in [1.807, 2.05) is 0 Å².